The minimum atomic E-state index is -0.0348. The van der Waals surface area contributed by atoms with Gasteiger partial charge in [0.25, 0.3) is 0 Å². The third kappa shape index (κ3) is 5.84. The third-order valence-corrected chi connectivity index (χ3v) is 11.5. The van der Waals surface area contributed by atoms with E-state index in [1.807, 2.05) is 18.2 Å². The number of rotatable bonds is 7. The van der Waals surface area contributed by atoms with Crippen LogP contribution in [0.2, 0.25) is 0 Å². The largest absolute Gasteiger partial charge is 0.484 e. The molecule has 3 heteroatoms. The number of benzene rings is 8. The van der Waals surface area contributed by atoms with Crippen LogP contribution >= 0.6 is 0 Å². The summed E-state index contributed by atoms with van der Waals surface area (Å²) in [7, 11) is 0. The van der Waals surface area contributed by atoms with Gasteiger partial charge in [-0.1, -0.05) is 164 Å². The Morgan fingerprint density at radius 2 is 0.965 bits per heavy atom. The maximum Gasteiger partial charge on any atom is 0.143 e. The molecule has 0 spiro atoms. The molecule has 0 radical (unpaired) electrons. The zero-order chi connectivity index (χ0) is 37.7. The number of allylic oxidation sites excluding steroid dienone is 2. The fraction of sp³-hybridized carbons (Fsp3) is 0.0370. The smallest absolute Gasteiger partial charge is 0.143 e. The van der Waals surface area contributed by atoms with Gasteiger partial charge in [-0.25, -0.2) is 0 Å². The Morgan fingerprint density at radius 1 is 0.421 bits per heavy atom. The number of hydrogen-bond acceptors (Lipinski definition) is 3. The van der Waals surface area contributed by atoms with Crippen molar-refractivity contribution in [1.82, 2.24) is 0 Å². The lowest BCUT2D eigenvalue weighted by atomic mass is 9.84. The molecule has 0 saturated carbocycles. The molecule has 0 bridgehead atoms. The minimum Gasteiger partial charge on any atom is -0.484 e. The molecule has 57 heavy (non-hydrogen) atoms. The third-order valence-electron chi connectivity index (χ3n) is 11.5. The quantitative estimate of drug-likeness (QED) is 0.163. The predicted octanol–water partition coefficient (Wildman–Crippen LogP) is 14.6. The van der Waals surface area contributed by atoms with E-state index in [4.69, 9.17) is 9.15 Å². The molecule has 0 amide bonds. The van der Waals surface area contributed by atoms with Gasteiger partial charge in [0, 0.05) is 50.5 Å². The molecule has 2 unspecified atom stereocenters. The van der Waals surface area contributed by atoms with Gasteiger partial charge in [-0.05, 0) is 81.9 Å². The second kappa shape index (κ2) is 13.7. The Bertz CT molecular complexity index is 2960. The molecule has 11 rings (SSSR count). The van der Waals surface area contributed by atoms with Crippen LogP contribution in [-0.2, 0) is 0 Å². The average molecular weight is 732 g/mol. The Balaban J connectivity index is 0.941. The zero-order valence-electron chi connectivity index (χ0n) is 31.1. The molecule has 2 atom stereocenters. The molecule has 2 heterocycles. The fourth-order valence-electron chi connectivity index (χ4n) is 8.62. The second-order valence-corrected chi connectivity index (χ2v) is 14.8. The summed E-state index contributed by atoms with van der Waals surface area (Å²) in [6, 6.07) is 69.1. The van der Waals surface area contributed by atoms with Gasteiger partial charge in [0.1, 0.15) is 23.0 Å². The van der Waals surface area contributed by atoms with Crippen LogP contribution in [0.25, 0.3) is 60.9 Å². The molecule has 1 aromatic heterocycles. The Morgan fingerprint density at radius 3 is 1.68 bits per heavy atom. The number of hydrogen-bond donors (Lipinski definition) is 0. The van der Waals surface area contributed by atoms with E-state index in [0.29, 0.717) is 0 Å². The van der Waals surface area contributed by atoms with Crippen molar-refractivity contribution < 1.29 is 9.15 Å². The number of furan rings is 1. The van der Waals surface area contributed by atoms with Gasteiger partial charge in [-0.3, -0.25) is 0 Å². The van der Waals surface area contributed by atoms with Gasteiger partial charge in [0.05, 0.1) is 0 Å². The molecule has 270 valence electrons. The van der Waals surface area contributed by atoms with Crippen molar-refractivity contribution in [3.63, 3.8) is 0 Å². The highest BCUT2D eigenvalue weighted by Gasteiger charge is 2.35. The van der Waals surface area contributed by atoms with Gasteiger partial charge in [-0.15, -0.1) is 0 Å². The minimum absolute atomic E-state index is 0.0348. The number of anilines is 3. The van der Waals surface area contributed by atoms with Gasteiger partial charge < -0.3 is 14.1 Å². The van der Waals surface area contributed by atoms with Crippen LogP contribution in [0.15, 0.2) is 217 Å². The van der Waals surface area contributed by atoms with E-state index in [1.165, 1.54) is 39.0 Å². The molecule has 1 aliphatic carbocycles. The average Bonchev–Trinajstić information content (AvgIpc) is 3.87. The summed E-state index contributed by atoms with van der Waals surface area (Å²) < 4.78 is 12.9. The molecule has 1 aliphatic heterocycles. The van der Waals surface area contributed by atoms with Crippen LogP contribution in [0.3, 0.4) is 0 Å². The first kappa shape index (κ1) is 33.0. The molecule has 0 N–H and O–H groups in total. The van der Waals surface area contributed by atoms with E-state index in [2.05, 4.69) is 199 Å². The summed E-state index contributed by atoms with van der Waals surface area (Å²) in [4.78, 5) is 2.33. The zero-order valence-corrected chi connectivity index (χ0v) is 31.1. The number of nitrogens with zero attached hydrogens (tertiary/aromatic N) is 1. The predicted molar refractivity (Wildman–Crippen MR) is 235 cm³/mol. The lowest BCUT2D eigenvalue weighted by Gasteiger charge is -2.28. The highest BCUT2D eigenvalue weighted by atomic mass is 16.5. The maximum atomic E-state index is 6.53. The van der Waals surface area contributed by atoms with Crippen LogP contribution in [0.1, 0.15) is 17.0 Å². The Hall–Kier alpha value is -7.36. The first-order chi connectivity index (χ1) is 28.2. The maximum absolute atomic E-state index is 6.53. The summed E-state index contributed by atoms with van der Waals surface area (Å²) in [5, 5.41) is 2.27. The Kier molecular flexibility index (Phi) is 7.96. The van der Waals surface area contributed by atoms with Gasteiger partial charge in [-0.2, -0.15) is 0 Å². The van der Waals surface area contributed by atoms with Crippen molar-refractivity contribution in [2.24, 2.45) is 0 Å². The molecule has 0 fully saturated rings. The van der Waals surface area contributed by atoms with Gasteiger partial charge >= 0.3 is 0 Å². The molecule has 9 aromatic rings. The van der Waals surface area contributed by atoms with Gasteiger partial charge in [0.15, 0.2) is 0 Å². The van der Waals surface area contributed by atoms with E-state index < -0.39 is 0 Å². The van der Waals surface area contributed by atoms with Crippen molar-refractivity contribution in [3.8, 4) is 39.1 Å². The SMILES string of the molecule is C1=CC(c2ccc(N(c3ccc(-c4ccc(-c5ccccc5)cc4)cc3)c3ccc(-c4cccc5c4oc4ccccc45)cc3)cc2)C2Oc3ccccc3C2=C1. The van der Waals surface area contributed by atoms with Crippen molar-refractivity contribution in [2.45, 2.75) is 12.0 Å². The molecule has 8 aromatic carbocycles. The number of fused-ring (bicyclic) bond motifs is 6. The van der Waals surface area contributed by atoms with Crippen LogP contribution in [-0.4, -0.2) is 6.10 Å². The van der Waals surface area contributed by atoms with E-state index in [-0.39, 0.29) is 12.0 Å². The fourth-order valence-corrected chi connectivity index (χ4v) is 8.62. The van der Waals surface area contributed by atoms with E-state index in [9.17, 15) is 0 Å². The second-order valence-electron chi connectivity index (χ2n) is 14.8. The lowest BCUT2D eigenvalue weighted by molar-refractivity contribution is 0.258. The first-order valence-corrected chi connectivity index (χ1v) is 19.6. The monoisotopic (exact) mass is 731 g/mol. The van der Waals surface area contributed by atoms with Crippen LogP contribution in [0.4, 0.5) is 17.1 Å². The molecule has 0 saturated heterocycles. The van der Waals surface area contributed by atoms with Crippen LogP contribution in [0, 0.1) is 0 Å². The molecule has 2 aliphatic rings. The van der Waals surface area contributed by atoms with Crippen molar-refractivity contribution >= 4 is 44.6 Å². The van der Waals surface area contributed by atoms with E-state index >= 15 is 0 Å². The van der Waals surface area contributed by atoms with E-state index in [0.717, 1.165) is 55.9 Å². The number of ether oxygens (including phenoxy) is 1. The van der Waals surface area contributed by atoms with Crippen molar-refractivity contribution in [2.75, 3.05) is 4.90 Å². The van der Waals surface area contributed by atoms with Crippen LogP contribution < -0.4 is 9.64 Å². The Labute approximate surface area is 332 Å². The summed E-state index contributed by atoms with van der Waals surface area (Å²) in [6.45, 7) is 0. The molecule has 3 nitrogen and oxygen atoms in total. The van der Waals surface area contributed by atoms with Crippen molar-refractivity contribution in [1.29, 1.82) is 0 Å². The molecular formula is C54H37NO2. The van der Waals surface area contributed by atoms with Crippen molar-refractivity contribution in [3.05, 3.63) is 223 Å². The normalized spacial score (nSPS) is 15.5. The van der Waals surface area contributed by atoms with E-state index in [1.54, 1.807) is 0 Å². The van der Waals surface area contributed by atoms with Crippen LogP contribution in [0.5, 0.6) is 5.75 Å². The topological polar surface area (TPSA) is 25.6 Å². The van der Waals surface area contributed by atoms with Gasteiger partial charge in [0.2, 0.25) is 0 Å². The highest BCUT2D eigenvalue weighted by Crippen LogP contribution is 2.46. The number of para-hydroxylation sites is 3. The summed E-state index contributed by atoms with van der Waals surface area (Å²) in [6.07, 6.45) is 6.60. The highest BCUT2D eigenvalue weighted by molar-refractivity contribution is 6.09. The summed E-state index contributed by atoms with van der Waals surface area (Å²) in [5.41, 5.74) is 15.7. The first-order valence-electron chi connectivity index (χ1n) is 19.6. The summed E-state index contributed by atoms with van der Waals surface area (Å²) in [5.74, 6) is 1.08. The lowest BCUT2D eigenvalue weighted by Crippen LogP contribution is -2.23. The standard InChI is InChI=1S/C54H37NO2/c1-2-10-36(11-3-1)37-20-22-38(23-21-37)39-24-30-42(31-25-39)55(43-32-26-40(27-33-43)45-14-8-16-49-47-12-4-6-18-51(47)56-53(45)49)44-34-28-41(29-35-44)46-15-9-17-50-48-13-5-7-19-52(48)57-54(46)50/h1-35,45,53H. The molecular weight excluding hydrogens is 695 g/mol. The summed E-state index contributed by atoms with van der Waals surface area (Å²) >= 11 is 0.